The van der Waals surface area contributed by atoms with E-state index in [-0.39, 0.29) is 12.1 Å². The molecule has 1 aliphatic rings. The van der Waals surface area contributed by atoms with Crippen molar-refractivity contribution in [1.82, 2.24) is 5.32 Å². The van der Waals surface area contributed by atoms with Gasteiger partial charge in [0.1, 0.15) is 0 Å². The van der Waals surface area contributed by atoms with Crippen molar-refractivity contribution in [2.45, 2.75) is 37.6 Å². The molecule has 1 saturated carbocycles. The smallest absolute Gasteiger partial charge is 0.188 e. The minimum absolute atomic E-state index is 0.142. The molecule has 0 unspecified atom stereocenters. The van der Waals surface area contributed by atoms with Crippen LogP contribution in [0.4, 0.5) is 0 Å². The van der Waals surface area contributed by atoms with Gasteiger partial charge < -0.3 is 16.2 Å². The molecule has 13 heavy (non-hydrogen) atoms. The fraction of sp³-hybridized carbons (Fsp3) is 0.889. The van der Waals surface area contributed by atoms with Crippen LogP contribution in [-0.4, -0.2) is 30.3 Å². The highest BCUT2D eigenvalue weighted by Crippen LogP contribution is 2.27. The summed E-state index contributed by atoms with van der Waals surface area (Å²) < 4.78 is 0. The third-order valence-corrected chi connectivity index (χ3v) is 2.75. The second-order valence-corrected chi connectivity index (χ2v) is 3.73. The van der Waals surface area contributed by atoms with Gasteiger partial charge in [-0.3, -0.25) is 4.99 Å². The van der Waals surface area contributed by atoms with Gasteiger partial charge in [-0.15, -0.1) is 0 Å². The van der Waals surface area contributed by atoms with E-state index in [0.29, 0.717) is 5.96 Å². The van der Waals surface area contributed by atoms with Gasteiger partial charge in [0.2, 0.25) is 0 Å². The first kappa shape index (κ1) is 10.3. The molecule has 0 aromatic rings. The minimum atomic E-state index is -0.207. The highest BCUT2D eigenvalue weighted by atomic mass is 16.3. The first-order chi connectivity index (χ1) is 6.22. The zero-order valence-electron chi connectivity index (χ0n) is 8.21. The lowest BCUT2D eigenvalue weighted by molar-refractivity contribution is 0.139. The van der Waals surface area contributed by atoms with Crippen LogP contribution in [0.15, 0.2) is 4.99 Å². The van der Waals surface area contributed by atoms with Gasteiger partial charge >= 0.3 is 0 Å². The minimum Gasteiger partial charge on any atom is -0.394 e. The maximum Gasteiger partial charge on any atom is 0.188 e. The van der Waals surface area contributed by atoms with Gasteiger partial charge in [-0.1, -0.05) is 19.3 Å². The predicted molar refractivity (Wildman–Crippen MR) is 53.6 cm³/mol. The Morgan fingerprint density at radius 2 is 2.08 bits per heavy atom. The van der Waals surface area contributed by atoms with E-state index in [2.05, 4.69) is 10.3 Å². The van der Waals surface area contributed by atoms with Crippen LogP contribution < -0.4 is 11.1 Å². The van der Waals surface area contributed by atoms with Crippen molar-refractivity contribution < 1.29 is 5.11 Å². The summed E-state index contributed by atoms with van der Waals surface area (Å²) in [5, 5.41) is 12.4. The fourth-order valence-corrected chi connectivity index (χ4v) is 1.88. The fourth-order valence-electron chi connectivity index (χ4n) is 1.88. The van der Waals surface area contributed by atoms with Gasteiger partial charge in [0.25, 0.3) is 0 Å². The highest BCUT2D eigenvalue weighted by Gasteiger charge is 2.31. The van der Waals surface area contributed by atoms with Crippen molar-refractivity contribution in [1.29, 1.82) is 0 Å². The molecule has 4 heteroatoms. The van der Waals surface area contributed by atoms with Gasteiger partial charge in [0, 0.05) is 7.05 Å². The van der Waals surface area contributed by atoms with Crippen molar-refractivity contribution in [3.8, 4) is 0 Å². The third-order valence-electron chi connectivity index (χ3n) is 2.75. The molecule has 4 N–H and O–H groups in total. The van der Waals surface area contributed by atoms with Gasteiger partial charge in [0.15, 0.2) is 5.96 Å². The summed E-state index contributed by atoms with van der Waals surface area (Å²) >= 11 is 0. The van der Waals surface area contributed by atoms with Gasteiger partial charge in [-0.2, -0.15) is 0 Å². The Hall–Kier alpha value is -0.770. The van der Waals surface area contributed by atoms with Crippen molar-refractivity contribution >= 4 is 5.96 Å². The van der Waals surface area contributed by atoms with Crippen LogP contribution in [0.3, 0.4) is 0 Å². The number of nitrogens with two attached hydrogens (primary N) is 1. The van der Waals surface area contributed by atoms with Crippen molar-refractivity contribution in [2.24, 2.45) is 10.7 Å². The molecule has 0 amide bonds. The number of rotatable bonds is 2. The van der Waals surface area contributed by atoms with Crippen LogP contribution in [-0.2, 0) is 0 Å². The van der Waals surface area contributed by atoms with E-state index in [9.17, 15) is 5.11 Å². The van der Waals surface area contributed by atoms with E-state index in [0.717, 1.165) is 25.7 Å². The van der Waals surface area contributed by atoms with Crippen LogP contribution in [0.2, 0.25) is 0 Å². The molecule has 0 aromatic carbocycles. The average molecular weight is 185 g/mol. The SMILES string of the molecule is CN=C(N)NC1(CO)CCCCC1. The van der Waals surface area contributed by atoms with Gasteiger partial charge in [-0.25, -0.2) is 0 Å². The number of guanidine groups is 1. The number of nitrogens with zero attached hydrogens (tertiary/aromatic N) is 1. The van der Waals surface area contributed by atoms with Gasteiger partial charge in [0.05, 0.1) is 12.1 Å². The van der Waals surface area contributed by atoms with E-state index < -0.39 is 0 Å². The van der Waals surface area contributed by atoms with Crippen molar-refractivity contribution in [3.05, 3.63) is 0 Å². The molecular weight excluding hydrogens is 166 g/mol. The molecule has 1 rings (SSSR count). The average Bonchev–Trinajstić information content (AvgIpc) is 2.19. The van der Waals surface area contributed by atoms with Crippen LogP contribution in [0.5, 0.6) is 0 Å². The Labute approximate surface area is 79.2 Å². The van der Waals surface area contributed by atoms with Crippen molar-refractivity contribution in [2.75, 3.05) is 13.7 Å². The lowest BCUT2D eigenvalue weighted by Gasteiger charge is -2.36. The zero-order chi connectivity index (χ0) is 9.73. The Morgan fingerprint density at radius 1 is 1.46 bits per heavy atom. The van der Waals surface area contributed by atoms with Crippen LogP contribution >= 0.6 is 0 Å². The number of hydrogen-bond acceptors (Lipinski definition) is 2. The third kappa shape index (κ3) is 2.59. The van der Waals surface area contributed by atoms with Crippen molar-refractivity contribution in [3.63, 3.8) is 0 Å². The van der Waals surface area contributed by atoms with E-state index in [1.54, 1.807) is 7.05 Å². The van der Waals surface area contributed by atoms with E-state index >= 15 is 0 Å². The molecule has 0 aliphatic heterocycles. The summed E-state index contributed by atoms with van der Waals surface area (Å²) in [6, 6.07) is 0. The summed E-state index contributed by atoms with van der Waals surface area (Å²) in [5.41, 5.74) is 5.39. The molecule has 0 spiro atoms. The molecule has 0 atom stereocenters. The highest BCUT2D eigenvalue weighted by molar-refractivity contribution is 5.78. The lowest BCUT2D eigenvalue weighted by atomic mass is 9.82. The monoisotopic (exact) mass is 185 g/mol. The topological polar surface area (TPSA) is 70.6 Å². The lowest BCUT2D eigenvalue weighted by Crippen LogP contribution is -2.54. The summed E-state index contributed by atoms with van der Waals surface area (Å²) in [6.07, 6.45) is 5.54. The summed E-state index contributed by atoms with van der Waals surface area (Å²) in [4.78, 5) is 3.85. The summed E-state index contributed by atoms with van der Waals surface area (Å²) in [6.45, 7) is 0.142. The van der Waals surface area contributed by atoms with Crippen LogP contribution in [0.25, 0.3) is 0 Å². The molecule has 1 aliphatic carbocycles. The molecule has 76 valence electrons. The van der Waals surface area contributed by atoms with E-state index in [4.69, 9.17) is 5.73 Å². The summed E-state index contributed by atoms with van der Waals surface area (Å²) in [7, 11) is 1.65. The standard InChI is InChI=1S/C9H19N3O/c1-11-8(10)12-9(7-13)5-3-2-4-6-9/h13H,2-7H2,1H3,(H3,10,11,12). The van der Waals surface area contributed by atoms with Gasteiger partial charge in [-0.05, 0) is 12.8 Å². The summed E-state index contributed by atoms with van der Waals surface area (Å²) in [5.74, 6) is 0.427. The normalized spacial score (nSPS) is 22.8. The molecule has 0 radical (unpaired) electrons. The second-order valence-electron chi connectivity index (χ2n) is 3.73. The molecular formula is C9H19N3O. The first-order valence-electron chi connectivity index (χ1n) is 4.84. The van der Waals surface area contributed by atoms with E-state index in [1.165, 1.54) is 6.42 Å². The number of nitrogens with one attached hydrogen (secondary N) is 1. The zero-order valence-corrected chi connectivity index (χ0v) is 8.21. The molecule has 0 saturated heterocycles. The molecule has 0 heterocycles. The Balaban J connectivity index is 2.57. The first-order valence-corrected chi connectivity index (χ1v) is 4.84. The molecule has 0 bridgehead atoms. The predicted octanol–water partition coefficient (Wildman–Crippen LogP) is 0.216. The van der Waals surface area contributed by atoms with Crippen LogP contribution in [0.1, 0.15) is 32.1 Å². The second kappa shape index (κ2) is 4.46. The quantitative estimate of drug-likeness (QED) is 0.425. The Bertz CT molecular complexity index is 185. The largest absolute Gasteiger partial charge is 0.394 e. The molecule has 0 aromatic heterocycles. The maximum absolute atomic E-state index is 9.31. The Morgan fingerprint density at radius 3 is 2.54 bits per heavy atom. The number of aliphatic hydroxyl groups excluding tert-OH is 1. The molecule has 4 nitrogen and oxygen atoms in total. The molecule has 1 fully saturated rings. The number of aliphatic hydroxyl groups is 1. The maximum atomic E-state index is 9.31. The number of aliphatic imine (C=N–C) groups is 1. The van der Waals surface area contributed by atoms with Crippen LogP contribution in [0, 0.1) is 0 Å². The van der Waals surface area contributed by atoms with E-state index in [1.807, 2.05) is 0 Å². The number of hydrogen-bond donors (Lipinski definition) is 3. The Kier molecular flexibility index (Phi) is 3.54.